The maximum absolute atomic E-state index is 13.0. The Kier molecular flexibility index (Phi) is 5.33. The second-order valence-corrected chi connectivity index (χ2v) is 7.44. The molecule has 0 saturated carbocycles. The summed E-state index contributed by atoms with van der Waals surface area (Å²) in [7, 11) is 0. The molecule has 1 aliphatic heterocycles. The van der Waals surface area contributed by atoms with Gasteiger partial charge in [0, 0.05) is 29.5 Å². The third-order valence-corrected chi connectivity index (χ3v) is 5.01. The lowest BCUT2D eigenvalue weighted by Gasteiger charge is -2.28. The van der Waals surface area contributed by atoms with Gasteiger partial charge in [0.2, 0.25) is 0 Å². The van der Waals surface area contributed by atoms with Crippen molar-refractivity contribution in [1.29, 1.82) is 0 Å². The molecule has 5 nitrogen and oxygen atoms in total. The second-order valence-electron chi connectivity index (χ2n) is 7.03. The zero-order chi connectivity index (χ0) is 19.7. The Morgan fingerprint density at radius 2 is 2.04 bits per heavy atom. The van der Waals surface area contributed by atoms with Gasteiger partial charge in [-0.15, -0.1) is 0 Å². The number of amides is 1. The number of benzene rings is 1. The zero-order valence-corrected chi connectivity index (χ0v) is 16.2. The Bertz CT molecular complexity index is 922. The van der Waals surface area contributed by atoms with Crippen LogP contribution in [0.1, 0.15) is 37.4 Å². The molecular weight excluding hydrogens is 364 g/mol. The molecule has 0 aliphatic carbocycles. The van der Waals surface area contributed by atoms with Crippen molar-refractivity contribution in [3.63, 3.8) is 0 Å². The number of hydrogen-bond donors (Lipinski definition) is 1. The van der Waals surface area contributed by atoms with E-state index in [2.05, 4.69) is 4.98 Å². The van der Waals surface area contributed by atoms with E-state index in [1.165, 1.54) is 4.90 Å². The largest absolute Gasteiger partial charge is 0.503 e. The quantitative estimate of drug-likeness (QED) is 0.820. The normalized spacial score (nSPS) is 17.1. The van der Waals surface area contributed by atoms with Crippen molar-refractivity contribution in [2.45, 2.75) is 33.2 Å². The minimum atomic E-state index is -0.741. The highest BCUT2D eigenvalue weighted by molar-refractivity contribution is 6.32. The fraction of sp³-hybridized carbons (Fsp3) is 0.286. The van der Waals surface area contributed by atoms with Crippen LogP contribution < -0.4 is 4.90 Å². The van der Waals surface area contributed by atoms with Crippen LogP contribution in [0.2, 0.25) is 5.02 Å². The van der Waals surface area contributed by atoms with Gasteiger partial charge in [0.05, 0.1) is 11.6 Å². The number of aromatic nitrogens is 1. The predicted octanol–water partition coefficient (Wildman–Crippen LogP) is 4.56. The van der Waals surface area contributed by atoms with Crippen LogP contribution in [0.25, 0.3) is 0 Å². The number of nitrogens with zero attached hydrogens (tertiary/aromatic N) is 2. The van der Waals surface area contributed by atoms with Crippen LogP contribution in [0.4, 0.5) is 5.69 Å². The predicted molar refractivity (Wildman–Crippen MR) is 105 cm³/mol. The van der Waals surface area contributed by atoms with Gasteiger partial charge in [-0.1, -0.05) is 37.6 Å². The number of pyridine rings is 1. The Labute approximate surface area is 163 Å². The molecule has 3 rings (SSSR count). The summed E-state index contributed by atoms with van der Waals surface area (Å²) in [5.41, 5.74) is 2.02. The van der Waals surface area contributed by atoms with Gasteiger partial charge in [-0.25, -0.2) is 0 Å². The third kappa shape index (κ3) is 3.47. The molecule has 27 heavy (non-hydrogen) atoms. The maximum atomic E-state index is 13.0. The van der Waals surface area contributed by atoms with E-state index >= 15 is 0 Å². The van der Waals surface area contributed by atoms with Crippen LogP contribution in [0, 0.1) is 12.8 Å². The highest BCUT2D eigenvalue weighted by Gasteiger charge is 2.44. The van der Waals surface area contributed by atoms with E-state index < -0.39 is 17.7 Å². The first kappa shape index (κ1) is 19.1. The lowest BCUT2D eigenvalue weighted by molar-refractivity contribution is -0.118. The highest BCUT2D eigenvalue weighted by atomic mass is 35.5. The molecule has 1 aliphatic rings. The van der Waals surface area contributed by atoms with Crippen LogP contribution in [-0.4, -0.2) is 21.8 Å². The molecule has 1 amide bonds. The Morgan fingerprint density at radius 3 is 2.67 bits per heavy atom. The molecule has 0 saturated heterocycles. The molecule has 0 spiro atoms. The summed E-state index contributed by atoms with van der Waals surface area (Å²) >= 11 is 6.24. The molecule has 0 fully saturated rings. The number of anilines is 1. The molecule has 1 aromatic carbocycles. The van der Waals surface area contributed by atoms with Crippen LogP contribution in [-0.2, 0) is 9.59 Å². The first-order valence-corrected chi connectivity index (χ1v) is 9.15. The van der Waals surface area contributed by atoms with E-state index in [4.69, 9.17) is 11.6 Å². The Hall–Kier alpha value is -2.66. The summed E-state index contributed by atoms with van der Waals surface area (Å²) in [6.45, 7) is 5.64. The molecule has 1 N–H and O–H groups in total. The average Bonchev–Trinajstić information content (AvgIpc) is 2.89. The van der Waals surface area contributed by atoms with Gasteiger partial charge >= 0.3 is 0 Å². The van der Waals surface area contributed by atoms with E-state index in [-0.39, 0.29) is 23.7 Å². The van der Waals surface area contributed by atoms with Crippen molar-refractivity contribution in [3.8, 4) is 0 Å². The Morgan fingerprint density at radius 1 is 1.30 bits per heavy atom. The average molecular weight is 385 g/mol. The first-order chi connectivity index (χ1) is 12.8. The second kappa shape index (κ2) is 7.53. The molecule has 6 heteroatoms. The van der Waals surface area contributed by atoms with Crippen molar-refractivity contribution < 1.29 is 14.7 Å². The van der Waals surface area contributed by atoms with Gasteiger partial charge < -0.3 is 5.11 Å². The van der Waals surface area contributed by atoms with Gasteiger partial charge in [0.25, 0.3) is 5.91 Å². The van der Waals surface area contributed by atoms with Gasteiger partial charge in [-0.3, -0.25) is 19.5 Å². The van der Waals surface area contributed by atoms with E-state index in [1.807, 2.05) is 13.8 Å². The van der Waals surface area contributed by atoms with Crippen LogP contribution in [0.5, 0.6) is 0 Å². The summed E-state index contributed by atoms with van der Waals surface area (Å²) in [5, 5.41) is 11.1. The summed E-state index contributed by atoms with van der Waals surface area (Å²) in [5.74, 6) is -1.26. The van der Waals surface area contributed by atoms with Crippen LogP contribution in [0.3, 0.4) is 0 Å². The topological polar surface area (TPSA) is 70.5 Å². The van der Waals surface area contributed by atoms with Crippen LogP contribution in [0.15, 0.2) is 54.1 Å². The molecule has 0 radical (unpaired) electrons. The molecular formula is C21H21ClN2O3. The van der Waals surface area contributed by atoms with Crippen molar-refractivity contribution in [1.82, 2.24) is 4.98 Å². The number of Topliss-reactive ketones (excluding diaryl/α,β-unsaturated/α-hetero) is 1. The van der Waals surface area contributed by atoms with Crippen LogP contribution >= 0.6 is 11.6 Å². The number of ketones is 1. The zero-order valence-electron chi connectivity index (χ0n) is 15.4. The number of carbonyl (C=O) groups excluding carboxylic acids is 2. The SMILES string of the molecule is Cc1c(Cl)cccc1N1C(=O)C(O)=C(C(=O)CC(C)C)C1c1cccnc1. The van der Waals surface area contributed by atoms with E-state index in [0.717, 1.165) is 0 Å². The first-order valence-electron chi connectivity index (χ1n) is 8.77. The van der Waals surface area contributed by atoms with Crippen molar-refractivity contribution >= 4 is 29.0 Å². The number of aliphatic hydroxyl groups is 1. The maximum Gasteiger partial charge on any atom is 0.294 e. The minimum Gasteiger partial charge on any atom is -0.503 e. The van der Waals surface area contributed by atoms with Gasteiger partial charge in [0.1, 0.15) is 0 Å². The van der Waals surface area contributed by atoms with Crippen molar-refractivity contribution in [3.05, 3.63) is 70.2 Å². The molecule has 2 heterocycles. The summed E-state index contributed by atoms with van der Waals surface area (Å²) in [6.07, 6.45) is 3.46. The smallest absolute Gasteiger partial charge is 0.294 e. The number of hydrogen-bond acceptors (Lipinski definition) is 4. The van der Waals surface area contributed by atoms with Gasteiger partial charge in [-0.05, 0) is 42.2 Å². The molecule has 140 valence electrons. The number of carbonyl (C=O) groups is 2. The standard InChI is InChI=1S/C21H21ClN2O3/c1-12(2)10-17(25)18-19(14-6-5-9-23-11-14)24(21(27)20(18)26)16-8-4-7-15(22)13(16)3/h4-9,11-12,19,26H,10H2,1-3H3. The molecule has 1 atom stereocenters. The fourth-order valence-corrected chi connectivity index (χ4v) is 3.50. The van der Waals surface area contributed by atoms with Crippen molar-refractivity contribution in [2.75, 3.05) is 4.90 Å². The lowest BCUT2D eigenvalue weighted by Crippen LogP contribution is -2.31. The lowest BCUT2D eigenvalue weighted by atomic mass is 9.92. The minimum absolute atomic E-state index is 0.101. The van der Waals surface area contributed by atoms with E-state index in [0.29, 0.717) is 21.8 Å². The third-order valence-electron chi connectivity index (χ3n) is 4.60. The summed E-state index contributed by atoms with van der Waals surface area (Å²) in [4.78, 5) is 31.4. The fourth-order valence-electron chi connectivity index (χ4n) is 3.33. The van der Waals surface area contributed by atoms with Crippen molar-refractivity contribution in [2.24, 2.45) is 5.92 Å². The van der Waals surface area contributed by atoms with Gasteiger partial charge in [0.15, 0.2) is 11.5 Å². The van der Waals surface area contributed by atoms with E-state index in [1.54, 1.807) is 49.6 Å². The highest BCUT2D eigenvalue weighted by Crippen LogP contribution is 2.43. The van der Waals surface area contributed by atoms with Gasteiger partial charge in [-0.2, -0.15) is 0 Å². The molecule has 0 bridgehead atoms. The molecule has 1 unspecified atom stereocenters. The molecule has 2 aromatic rings. The number of aliphatic hydroxyl groups excluding tert-OH is 1. The number of rotatable bonds is 5. The number of halogens is 1. The van der Waals surface area contributed by atoms with E-state index in [9.17, 15) is 14.7 Å². The monoisotopic (exact) mass is 384 g/mol. The Balaban J connectivity index is 2.18. The summed E-state index contributed by atoms with van der Waals surface area (Å²) < 4.78 is 0. The molecule has 1 aromatic heterocycles. The summed E-state index contributed by atoms with van der Waals surface area (Å²) in [6, 6.07) is 8.02.